The third-order valence-electron chi connectivity index (χ3n) is 2.45. The number of nitrogens with two attached hydrogens (primary N) is 1. The van der Waals surface area contributed by atoms with Crippen molar-refractivity contribution in [3.63, 3.8) is 0 Å². The molecule has 0 aliphatic heterocycles. The molecule has 0 aromatic carbocycles. The molecule has 0 fully saturated rings. The Labute approximate surface area is 75.5 Å². The first-order valence-electron chi connectivity index (χ1n) is 4.94. The molecule has 0 bridgehead atoms. The van der Waals surface area contributed by atoms with Gasteiger partial charge < -0.3 is 5.73 Å². The van der Waals surface area contributed by atoms with Crippen molar-refractivity contribution in [2.45, 2.75) is 46.0 Å². The van der Waals surface area contributed by atoms with Crippen LogP contribution in [0.1, 0.15) is 46.0 Å². The summed E-state index contributed by atoms with van der Waals surface area (Å²) in [5.41, 5.74) is 5.24. The smallest absolute Gasteiger partial charge is 0.0960 e. The molecule has 0 aliphatic carbocycles. The van der Waals surface area contributed by atoms with E-state index in [1.165, 1.54) is 19.3 Å². The van der Waals surface area contributed by atoms with Crippen LogP contribution in [0, 0.1) is 5.41 Å². The number of rotatable bonds is 7. The normalized spacial score (nSPS) is 16.0. The lowest BCUT2D eigenvalue weighted by atomic mass is 9.86. The molecule has 0 radical (unpaired) electrons. The minimum Gasteiger partial charge on any atom is -0.330 e. The predicted octanol–water partition coefficient (Wildman–Crippen LogP) is 2.89. The monoisotopic (exact) mass is 175 g/mol. The van der Waals surface area contributed by atoms with Crippen LogP contribution in [-0.4, -0.2) is 13.2 Å². The molecule has 0 saturated heterocycles. The summed E-state index contributed by atoms with van der Waals surface area (Å²) in [6.45, 7) is 4.29. The Kier molecular flexibility index (Phi) is 6.35. The average Bonchev–Trinajstić information content (AvgIpc) is 2.12. The van der Waals surface area contributed by atoms with Crippen LogP contribution in [0.3, 0.4) is 0 Å². The molecule has 2 heteroatoms. The highest BCUT2D eigenvalue weighted by Crippen LogP contribution is 2.23. The summed E-state index contributed by atoms with van der Waals surface area (Å²) >= 11 is 0. The van der Waals surface area contributed by atoms with Crippen LogP contribution < -0.4 is 5.73 Å². The van der Waals surface area contributed by atoms with E-state index in [9.17, 15) is 4.39 Å². The van der Waals surface area contributed by atoms with Crippen LogP contribution in [0.2, 0.25) is 0 Å². The van der Waals surface area contributed by atoms with Gasteiger partial charge in [-0.25, -0.2) is 0 Å². The molecule has 1 unspecified atom stereocenters. The lowest BCUT2D eigenvalue weighted by Gasteiger charge is -2.23. The zero-order chi connectivity index (χ0) is 9.45. The molecule has 0 spiro atoms. The first-order valence-corrected chi connectivity index (χ1v) is 4.94. The van der Waals surface area contributed by atoms with Gasteiger partial charge in [0, 0.05) is 12.0 Å². The van der Waals surface area contributed by atoms with Crippen LogP contribution in [0.25, 0.3) is 0 Å². The molecule has 1 nitrogen and oxygen atoms in total. The van der Waals surface area contributed by atoms with E-state index in [1.807, 2.05) is 6.92 Å². The van der Waals surface area contributed by atoms with Gasteiger partial charge in [-0.05, 0) is 6.42 Å². The van der Waals surface area contributed by atoms with Gasteiger partial charge in [0.2, 0.25) is 0 Å². The van der Waals surface area contributed by atoms with Crippen molar-refractivity contribution in [3.05, 3.63) is 0 Å². The highest BCUT2D eigenvalue weighted by Gasteiger charge is 2.21. The Morgan fingerprint density at radius 1 is 1.25 bits per heavy atom. The zero-order valence-electron chi connectivity index (χ0n) is 8.41. The standard InChI is InChI=1S/C10H22FN/c1-3-4-5-6-7-10(2,8-11)9-12/h3-9,12H2,1-2H3. The quantitative estimate of drug-likeness (QED) is 0.591. The van der Waals surface area contributed by atoms with E-state index in [0.717, 1.165) is 12.8 Å². The van der Waals surface area contributed by atoms with Gasteiger partial charge in [-0.3, -0.25) is 4.39 Å². The van der Waals surface area contributed by atoms with Crippen molar-refractivity contribution in [1.82, 2.24) is 0 Å². The van der Waals surface area contributed by atoms with E-state index < -0.39 is 0 Å². The van der Waals surface area contributed by atoms with Gasteiger partial charge in [0.1, 0.15) is 0 Å². The Hall–Kier alpha value is -0.110. The molecule has 0 rings (SSSR count). The van der Waals surface area contributed by atoms with Gasteiger partial charge in [0.05, 0.1) is 6.67 Å². The molecule has 12 heavy (non-hydrogen) atoms. The Morgan fingerprint density at radius 2 is 1.92 bits per heavy atom. The van der Waals surface area contributed by atoms with Gasteiger partial charge in [-0.15, -0.1) is 0 Å². The topological polar surface area (TPSA) is 26.0 Å². The van der Waals surface area contributed by atoms with Crippen LogP contribution in [0.4, 0.5) is 4.39 Å². The second-order valence-corrected chi connectivity index (χ2v) is 3.96. The molecule has 0 heterocycles. The van der Waals surface area contributed by atoms with Crippen molar-refractivity contribution in [3.8, 4) is 0 Å². The number of halogens is 1. The minimum atomic E-state index is -0.282. The number of hydrogen-bond donors (Lipinski definition) is 1. The third-order valence-corrected chi connectivity index (χ3v) is 2.45. The van der Waals surface area contributed by atoms with Gasteiger partial charge in [-0.2, -0.15) is 0 Å². The molecule has 0 aromatic heterocycles. The van der Waals surface area contributed by atoms with E-state index in [-0.39, 0.29) is 12.1 Å². The van der Waals surface area contributed by atoms with Crippen LogP contribution in [-0.2, 0) is 0 Å². The molecule has 0 amide bonds. The minimum absolute atomic E-state index is 0.256. The lowest BCUT2D eigenvalue weighted by molar-refractivity contribution is 0.216. The summed E-state index contributed by atoms with van der Waals surface area (Å²) in [5.74, 6) is 0. The average molecular weight is 175 g/mol. The Bertz CT molecular complexity index is 100. The van der Waals surface area contributed by atoms with Crippen LogP contribution in [0.5, 0.6) is 0 Å². The highest BCUT2D eigenvalue weighted by atomic mass is 19.1. The first kappa shape index (κ1) is 11.9. The highest BCUT2D eigenvalue weighted by molar-refractivity contribution is 4.73. The van der Waals surface area contributed by atoms with Crippen molar-refractivity contribution in [2.24, 2.45) is 11.1 Å². The fraction of sp³-hybridized carbons (Fsp3) is 1.00. The number of alkyl halides is 1. The molecule has 0 saturated carbocycles. The summed E-state index contributed by atoms with van der Waals surface area (Å²) in [7, 11) is 0. The molecule has 0 aromatic rings. The number of unbranched alkanes of at least 4 members (excludes halogenated alkanes) is 3. The maximum absolute atomic E-state index is 12.5. The first-order chi connectivity index (χ1) is 5.68. The van der Waals surface area contributed by atoms with Crippen LogP contribution >= 0.6 is 0 Å². The molecule has 74 valence electrons. The molecule has 2 N–H and O–H groups in total. The molecular formula is C10H22FN. The van der Waals surface area contributed by atoms with E-state index in [2.05, 4.69) is 6.92 Å². The molecule has 1 atom stereocenters. The van der Waals surface area contributed by atoms with E-state index >= 15 is 0 Å². The fourth-order valence-corrected chi connectivity index (χ4v) is 1.20. The predicted molar refractivity (Wildman–Crippen MR) is 51.9 cm³/mol. The van der Waals surface area contributed by atoms with Crippen molar-refractivity contribution < 1.29 is 4.39 Å². The van der Waals surface area contributed by atoms with Gasteiger partial charge in [-0.1, -0.05) is 39.5 Å². The van der Waals surface area contributed by atoms with E-state index in [4.69, 9.17) is 5.73 Å². The maximum Gasteiger partial charge on any atom is 0.0960 e. The lowest BCUT2D eigenvalue weighted by Crippen LogP contribution is -2.29. The molecule has 0 aliphatic rings. The summed E-state index contributed by atoms with van der Waals surface area (Å²) < 4.78 is 12.5. The Morgan fingerprint density at radius 3 is 2.33 bits per heavy atom. The largest absolute Gasteiger partial charge is 0.330 e. The summed E-state index contributed by atoms with van der Waals surface area (Å²) in [6, 6.07) is 0. The number of hydrogen-bond acceptors (Lipinski definition) is 1. The van der Waals surface area contributed by atoms with Crippen molar-refractivity contribution in [2.75, 3.05) is 13.2 Å². The van der Waals surface area contributed by atoms with Crippen molar-refractivity contribution in [1.29, 1.82) is 0 Å². The summed E-state index contributed by atoms with van der Waals surface area (Å²) in [5, 5.41) is 0. The van der Waals surface area contributed by atoms with Gasteiger partial charge >= 0.3 is 0 Å². The van der Waals surface area contributed by atoms with E-state index in [0.29, 0.717) is 6.54 Å². The molecular weight excluding hydrogens is 153 g/mol. The van der Waals surface area contributed by atoms with E-state index in [1.54, 1.807) is 0 Å². The zero-order valence-corrected chi connectivity index (χ0v) is 8.41. The van der Waals surface area contributed by atoms with Gasteiger partial charge in [0.15, 0.2) is 0 Å². The Balaban J connectivity index is 3.45. The summed E-state index contributed by atoms with van der Waals surface area (Å²) in [4.78, 5) is 0. The second kappa shape index (κ2) is 6.41. The third kappa shape index (κ3) is 4.70. The van der Waals surface area contributed by atoms with Crippen molar-refractivity contribution >= 4 is 0 Å². The summed E-state index contributed by atoms with van der Waals surface area (Å²) in [6.07, 6.45) is 5.75. The SMILES string of the molecule is CCCCCCC(C)(CN)CF. The van der Waals surface area contributed by atoms with Crippen LogP contribution in [0.15, 0.2) is 0 Å². The van der Waals surface area contributed by atoms with Gasteiger partial charge in [0.25, 0.3) is 0 Å². The second-order valence-electron chi connectivity index (χ2n) is 3.96. The fourth-order valence-electron chi connectivity index (χ4n) is 1.20. The maximum atomic E-state index is 12.5.